The lowest BCUT2D eigenvalue weighted by atomic mass is 9.92. The molecule has 0 aliphatic rings. The summed E-state index contributed by atoms with van der Waals surface area (Å²) in [6.07, 6.45) is 0.905. The van der Waals surface area contributed by atoms with Gasteiger partial charge < -0.3 is 10.2 Å². The first-order valence-corrected chi connectivity index (χ1v) is 6.66. The Balaban J connectivity index is 1.92. The van der Waals surface area contributed by atoms with Crippen molar-refractivity contribution < 1.29 is 10.2 Å². The van der Waals surface area contributed by atoms with Crippen LogP contribution in [0.3, 0.4) is 0 Å². The van der Waals surface area contributed by atoms with Gasteiger partial charge in [0.15, 0.2) is 0 Å². The number of hydrogen-bond acceptors (Lipinski definition) is 2. The van der Waals surface area contributed by atoms with Crippen molar-refractivity contribution in [3.63, 3.8) is 0 Å². The summed E-state index contributed by atoms with van der Waals surface area (Å²) in [5.74, 6) is 0.578. The normalized spacial score (nSPS) is 14.0. The molecule has 0 amide bonds. The van der Waals surface area contributed by atoms with Crippen LogP contribution in [-0.4, -0.2) is 16.3 Å². The molecule has 100 valence electrons. The Bertz CT molecular complexity index is 508. The zero-order valence-corrected chi connectivity index (χ0v) is 11.2. The van der Waals surface area contributed by atoms with Gasteiger partial charge in [0.25, 0.3) is 0 Å². The van der Waals surface area contributed by atoms with Gasteiger partial charge in [-0.15, -0.1) is 0 Å². The largest absolute Gasteiger partial charge is 0.508 e. The summed E-state index contributed by atoms with van der Waals surface area (Å²) in [5.41, 5.74) is 2.21. The van der Waals surface area contributed by atoms with Crippen molar-refractivity contribution in [1.82, 2.24) is 0 Å². The molecule has 0 spiro atoms. The van der Waals surface area contributed by atoms with Crippen LogP contribution in [0, 0.1) is 0 Å². The lowest BCUT2D eigenvalue weighted by molar-refractivity contribution is 0.157. The van der Waals surface area contributed by atoms with E-state index < -0.39 is 6.10 Å². The van der Waals surface area contributed by atoms with E-state index in [-0.39, 0.29) is 5.75 Å². The van der Waals surface area contributed by atoms with Crippen LogP contribution in [0.15, 0.2) is 54.6 Å². The standard InChI is InChI=1S/C17H20O2/c1-13(15-7-3-2-4-8-15)10-17(19)12-14-6-5-9-16(18)11-14/h2-9,11,13,17-19H,10,12H2,1H3. The Kier molecular flexibility index (Phi) is 4.58. The summed E-state index contributed by atoms with van der Waals surface area (Å²) < 4.78 is 0. The summed E-state index contributed by atoms with van der Waals surface area (Å²) in [6.45, 7) is 2.13. The van der Waals surface area contributed by atoms with Gasteiger partial charge in [-0.2, -0.15) is 0 Å². The summed E-state index contributed by atoms with van der Waals surface area (Å²) >= 11 is 0. The molecule has 0 aromatic heterocycles. The highest BCUT2D eigenvalue weighted by atomic mass is 16.3. The molecule has 2 heteroatoms. The molecule has 19 heavy (non-hydrogen) atoms. The van der Waals surface area contributed by atoms with Gasteiger partial charge in [-0.3, -0.25) is 0 Å². The number of aliphatic hydroxyl groups excluding tert-OH is 1. The molecule has 2 unspecified atom stereocenters. The quantitative estimate of drug-likeness (QED) is 0.859. The third kappa shape index (κ3) is 4.11. The average Bonchev–Trinajstić information content (AvgIpc) is 2.39. The molecule has 2 rings (SSSR count). The lowest BCUT2D eigenvalue weighted by Gasteiger charge is -2.17. The molecule has 0 radical (unpaired) electrons. The SMILES string of the molecule is CC(CC(O)Cc1cccc(O)c1)c1ccccc1. The molecular weight excluding hydrogens is 236 g/mol. The van der Waals surface area contributed by atoms with Gasteiger partial charge >= 0.3 is 0 Å². The molecule has 2 aromatic carbocycles. The van der Waals surface area contributed by atoms with E-state index in [1.165, 1.54) is 5.56 Å². The van der Waals surface area contributed by atoms with Crippen LogP contribution >= 0.6 is 0 Å². The van der Waals surface area contributed by atoms with Gasteiger partial charge in [0, 0.05) is 0 Å². The summed E-state index contributed by atoms with van der Waals surface area (Å²) in [4.78, 5) is 0. The highest BCUT2D eigenvalue weighted by Gasteiger charge is 2.12. The maximum absolute atomic E-state index is 10.1. The zero-order chi connectivity index (χ0) is 13.7. The second-order valence-electron chi connectivity index (χ2n) is 5.08. The van der Waals surface area contributed by atoms with Gasteiger partial charge in [-0.1, -0.05) is 49.4 Å². The lowest BCUT2D eigenvalue weighted by Crippen LogP contribution is -2.13. The Morgan fingerprint density at radius 2 is 1.74 bits per heavy atom. The van der Waals surface area contributed by atoms with Crippen molar-refractivity contribution >= 4 is 0 Å². The van der Waals surface area contributed by atoms with E-state index in [0.29, 0.717) is 12.3 Å². The Hall–Kier alpha value is -1.80. The first-order chi connectivity index (χ1) is 9.15. The van der Waals surface area contributed by atoms with Gasteiger partial charge in [0.2, 0.25) is 0 Å². The van der Waals surface area contributed by atoms with E-state index in [2.05, 4.69) is 19.1 Å². The third-order valence-corrected chi connectivity index (χ3v) is 3.38. The number of phenols is 1. The average molecular weight is 256 g/mol. The van der Waals surface area contributed by atoms with Crippen LogP contribution in [0.4, 0.5) is 0 Å². The predicted molar refractivity (Wildman–Crippen MR) is 77.3 cm³/mol. The molecule has 2 atom stereocenters. The smallest absolute Gasteiger partial charge is 0.115 e. The van der Waals surface area contributed by atoms with E-state index in [1.54, 1.807) is 18.2 Å². The Morgan fingerprint density at radius 3 is 2.42 bits per heavy atom. The monoisotopic (exact) mass is 256 g/mol. The molecule has 0 fully saturated rings. The van der Waals surface area contributed by atoms with Crippen molar-refractivity contribution in [1.29, 1.82) is 0 Å². The molecule has 0 saturated heterocycles. The summed E-state index contributed by atoms with van der Waals surface area (Å²) in [7, 11) is 0. The van der Waals surface area contributed by atoms with Crippen LogP contribution in [0.1, 0.15) is 30.4 Å². The highest BCUT2D eigenvalue weighted by molar-refractivity contribution is 5.27. The number of rotatable bonds is 5. The number of phenolic OH excluding ortho intramolecular Hbond substituents is 1. The second kappa shape index (κ2) is 6.39. The Labute approximate surface area is 114 Å². The van der Waals surface area contributed by atoms with Gasteiger partial charge in [-0.05, 0) is 42.0 Å². The summed E-state index contributed by atoms with van der Waals surface area (Å²) in [5, 5.41) is 19.5. The molecule has 2 nitrogen and oxygen atoms in total. The van der Waals surface area contributed by atoms with Crippen molar-refractivity contribution in [3.05, 3.63) is 65.7 Å². The van der Waals surface area contributed by atoms with Gasteiger partial charge in [-0.25, -0.2) is 0 Å². The third-order valence-electron chi connectivity index (χ3n) is 3.38. The molecular formula is C17H20O2. The number of aromatic hydroxyl groups is 1. The van der Waals surface area contributed by atoms with E-state index >= 15 is 0 Å². The number of benzene rings is 2. The number of hydrogen-bond donors (Lipinski definition) is 2. The van der Waals surface area contributed by atoms with E-state index in [0.717, 1.165) is 12.0 Å². The van der Waals surface area contributed by atoms with Crippen molar-refractivity contribution in [2.45, 2.75) is 31.8 Å². The number of aliphatic hydroxyl groups is 1. The molecule has 2 N–H and O–H groups in total. The molecule has 0 saturated carbocycles. The topological polar surface area (TPSA) is 40.5 Å². The van der Waals surface area contributed by atoms with Crippen molar-refractivity contribution in [3.8, 4) is 5.75 Å². The first kappa shape index (κ1) is 13.6. The van der Waals surface area contributed by atoms with Gasteiger partial charge in [0.1, 0.15) is 5.75 Å². The van der Waals surface area contributed by atoms with Crippen LogP contribution in [0.5, 0.6) is 5.75 Å². The molecule has 2 aromatic rings. The highest BCUT2D eigenvalue weighted by Crippen LogP contribution is 2.22. The molecule has 0 heterocycles. The fraction of sp³-hybridized carbons (Fsp3) is 0.294. The van der Waals surface area contributed by atoms with Crippen LogP contribution < -0.4 is 0 Å². The van der Waals surface area contributed by atoms with Crippen molar-refractivity contribution in [2.24, 2.45) is 0 Å². The Morgan fingerprint density at radius 1 is 1.00 bits per heavy atom. The van der Waals surface area contributed by atoms with Crippen LogP contribution in [0.2, 0.25) is 0 Å². The minimum atomic E-state index is -0.392. The van der Waals surface area contributed by atoms with Crippen LogP contribution in [0.25, 0.3) is 0 Å². The fourth-order valence-corrected chi connectivity index (χ4v) is 2.36. The first-order valence-electron chi connectivity index (χ1n) is 6.66. The molecule has 0 bridgehead atoms. The van der Waals surface area contributed by atoms with Crippen LogP contribution in [-0.2, 0) is 6.42 Å². The maximum atomic E-state index is 10.1. The maximum Gasteiger partial charge on any atom is 0.115 e. The van der Waals surface area contributed by atoms with E-state index in [1.807, 2.05) is 24.3 Å². The van der Waals surface area contributed by atoms with E-state index in [9.17, 15) is 10.2 Å². The second-order valence-corrected chi connectivity index (χ2v) is 5.08. The minimum Gasteiger partial charge on any atom is -0.508 e. The predicted octanol–water partition coefficient (Wildman–Crippen LogP) is 3.49. The van der Waals surface area contributed by atoms with Gasteiger partial charge in [0.05, 0.1) is 6.10 Å². The zero-order valence-electron chi connectivity index (χ0n) is 11.2. The summed E-state index contributed by atoms with van der Waals surface area (Å²) in [6, 6.07) is 17.3. The van der Waals surface area contributed by atoms with E-state index in [4.69, 9.17) is 0 Å². The van der Waals surface area contributed by atoms with Crippen molar-refractivity contribution in [2.75, 3.05) is 0 Å². The molecule has 0 aliphatic carbocycles. The molecule has 0 aliphatic heterocycles. The minimum absolute atomic E-state index is 0.251. The fourth-order valence-electron chi connectivity index (χ4n) is 2.36.